The Morgan fingerprint density at radius 3 is 2.83 bits per heavy atom. The number of hydrogen-bond donors (Lipinski definition) is 1. The number of hydrogen-bond acceptors (Lipinski definition) is 4. The molecule has 0 saturated carbocycles. The van der Waals surface area contributed by atoms with Crippen molar-refractivity contribution in [2.75, 3.05) is 5.73 Å². The fourth-order valence-electron chi connectivity index (χ4n) is 1.45. The molecule has 1 heterocycles. The summed E-state index contributed by atoms with van der Waals surface area (Å²) in [7, 11) is 0. The van der Waals surface area contributed by atoms with Crippen LogP contribution in [0.3, 0.4) is 0 Å². The number of halogens is 3. The molecule has 0 radical (unpaired) electrons. The third-order valence-corrected chi connectivity index (χ3v) is 2.36. The van der Waals surface area contributed by atoms with E-state index in [9.17, 15) is 8.78 Å². The number of nitrogen functional groups attached to an aromatic ring is 1. The molecule has 0 spiro atoms. The molecule has 0 saturated heterocycles. The van der Waals surface area contributed by atoms with Crippen molar-refractivity contribution in [3.05, 3.63) is 35.0 Å². The molecule has 1 aromatic carbocycles. The molecule has 2 rings (SSSR count). The first-order chi connectivity index (χ1) is 8.54. The first-order valence-corrected chi connectivity index (χ1v) is 5.31. The molecule has 0 aliphatic rings. The number of nitrogens with zero attached hydrogens (tertiary/aromatic N) is 3. The minimum Gasteiger partial charge on any atom is -0.434 e. The topological polar surface area (TPSA) is 66.0 Å². The summed E-state index contributed by atoms with van der Waals surface area (Å²) in [6, 6.07) is 4.37. The average molecular weight is 275 g/mol. The van der Waals surface area contributed by atoms with Gasteiger partial charge >= 0.3 is 6.61 Å². The highest BCUT2D eigenvalue weighted by Gasteiger charge is 2.11. The summed E-state index contributed by atoms with van der Waals surface area (Å²) in [5.41, 5.74) is 5.87. The predicted octanol–water partition coefficient (Wildman–Crippen LogP) is 2.16. The van der Waals surface area contributed by atoms with Crippen LogP contribution in [0, 0.1) is 0 Å². The summed E-state index contributed by atoms with van der Waals surface area (Å²) in [6.07, 6.45) is 1.48. The molecule has 0 amide bonds. The number of alkyl halides is 2. The van der Waals surface area contributed by atoms with Crippen molar-refractivity contribution in [1.82, 2.24) is 15.0 Å². The fraction of sp³-hybridized carbons (Fsp3) is 0.200. The predicted molar refractivity (Wildman–Crippen MR) is 61.6 cm³/mol. The van der Waals surface area contributed by atoms with Gasteiger partial charge in [0.1, 0.15) is 5.75 Å². The molecule has 5 nitrogen and oxygen atoms in total. The second-order valence-electron chi connectivity index (χ2n) is 3.47. The van der Waals surface area contributed by atoms with Crippen molar-refractivity contribution in [3.63, 3.8) is 0 Å². The zero-order valence-corrected chi connectivity index (χ0v) is 9.81. The highest BCUT2D eigenvalue weighted by molar-refractivity contribution is 6.30. The zero-order valence-electron chi connectivity index (χ0n) is 9.05. The van der Waals surface area contributed by atoms with E-state index in [1.54, 1.807) is 0 Å². The summed E-state index contributed by atoms with van der Waals surface area (Å²) in [5.74, 6) is 0.289. The monoisotopic (exact) mass is 274 g/mol. The molecule has 1 aromatic heterocycles. The van der Waals surface area contributed by atoms with Crippen LogP contribution in [-0.2, 0) is 6.54 Å². The van der Waals surface area contributed by atoms with Crippen LogP contribution in [0.25, 0.3) is 0 Å². The van der Waals surface area contributed by atoms with E-state index in [1.165, 1.54) is 29.1 Å². The van der Waals surface area contributed by atoms with E-state index in [0.717, 1.165) is 0 Å². The van der Waals surface area contributed by atoms with Crippen LogP contribution in [0.1, 0.15) is 5.56 Å². The molecule has 0 unspecified atom stereocenters. The van der Waals surface area contributed by atoms with Gasteiger partial charge in [0.05, 0.1) is 12.7 Å². The van der Waals surface area contributed by atoms with Gasteiger partial charge in [-0.15, -0.1) is 5.10 Å². The second-order valence-corrected chi connectivity index (χ2v) is 3.91. The molecule has 96 valence electrons. The van der Waals surface area contributed by atoms with E-state index in [1.807, 2.05) is 0 Å². The molecule has 2 aromatic rings. The van der Waals surface area contributed by atoms with Crippen LogP contribution < -0.4 is 10.5 Å². The van der Waals surface area contributed by atoms with Gasteiger partial charge in [0, 0.05) is 10.6 Å². The van der Waals surface area contributed by atoms with Crippen LogP contribution in [0.2, 0.25) is 5.02 Å². The van der Waals surface area contributed by atoms with Crippen molar-refractivity contribution in [3.8, 4) is 5.75 Å². The fourth-order valence-corrected chi connectivity index (χ4v) is 1.64. The Labute approximate surface area is 106 Å². The van der Waals surface area contributed by atoms with Crippen LogP contribution in [0.4, 0.5) is 14.6 Å². The summed E-state index contributed by atoms with van der Waals surface area (Å²) in [5, 5.41) is 7.73. The highest BCUT2D eigenvalue weighted by atomic mass is 35.5. The molecule has 0 aliphatic carbocycles. The summed E-state index contributed by atoms with van der Waals surface area (Å²) in [6.45, 7) is -2.71. The molecular weight excluding hydrogens is 266 g/mol. The molecule has 2 N–H and O–H groups in total. The molecule has 18 heavy (non-hydrogen) atoms. The second kappa shape index (κ2) is 5.18. The van der Waals surface area contributed by atoms with E-state index in [2.05, 4.69) is 15.0 Å². The van der Waals surface area contributed by atoms with Gasteiger partial charge in [0.15, 0.2) is 5.82 Å². The van der Waals surface area contributed by atoms with Crippen LogP contribution in [0.5, 0.6) is 5.75 Å². The Hall–Kier alpha value is -1.89. The van der Waals surface area contributed by atoms with Crippen LogP contribution in [0.15, 0.2) is 24.4 Å². The summed E-state index contributed by atoms with van der Waals surface area (Å²) >= 11 is 5.81. The first-order valence-electron chi connectivity index (χ1n) is 4.93. The maximum Gasteiger partial charge on any atom is 0.387 e. The Kier molecular flexibility index (Phi) is 3.61. The van der Waals surface area contributed by atoms with Crippen LogP contribution in [-0.4, -0.2) is 21.6 Å². The largest absolute Gasteiger partial charge is 0.434 e. The number of benzene rings is 1. The number of nitrogens with two attached hydrogens (primary N) is 1. The maximum atomic E-state index is 12.2. The molecular formula is C10H9ClF2N4O. The van der Waals surface area contributed by atoms with E-state index < -0.39 is 6.61 Å². The lowest BCUT2D eigenvalue weighted by atomic mass is 10.2. The third-order valence-electron chi connectivity index (χ3n) is 2.13. The van der Waals surface area contributed by atoms with Crippen LogP contribution >= 0.6 is 11.6 Å². The minimum absolute atomic E-state index is 0.0449. The Morgan fingerprint density at radius 1 is 1.44 bits per heavy atom. The lowest BCUT2D eigenvalue weighted by Crippen LogP contribution is -2.07. The molecule has 8 heteroatoms. The van der Waals surface area contributed by atoms with Gasteiger partial charge in [0.25, 0.3) is 0 Å². The lowest BCUT2D eigenvalue weighted by molar-refractivity contribution is -0.0505. The van der Waals surface area contributed by atoms with E-state index in [4.69, 9.17) is 17.3 Å². The summed E-state index contributed by atoms with van der Waals surface area (Å²) < 4.78 is 30.3. The molecule has 0 bridgehead atoms. The highest BCUT2D eigenvalue weighted by Crippen LogP contribution is 2.25. The van der Waals surface area contributed by atoms with E-state index in [0.29, 0.717) is 10.6 Å². The third kappa shape index (κ3) is 3.07. The van der Waals surface area contributed by atoms with Crippen molar-refractivity contribution < 1.29 is 13.5 Å². The molecule has 0 aliphatic heterocycles. The van der Waals surface area contributed by atoms with Gasteiger partial charge in [-0.2, -0.15) is 8.78 Å². The van der Waals surface area contributed by atoms with Crippen molar-refractivity contribution >= 4 is 17.4 Å². The Bertz CT molecular complexity index is 546. The normalized spacial score (nSPS) is 10.9. The van der Waals surface area contributed by atoms with Crippen molar-refractivity contribution in [1.29, 1.82) is 0 Å². The van der Waals surface area contributed by atoms with Gasteiger partial charge < -0.3 is 10.5 Å². The first kappa shape index (κ1) is 12.6. The van der Waals surface area contributed by atoms with Gasteiger partial charge in [0.2, 0.25) is 0 Å². The Balaban J connectivity index is 2.27. The van der Waals surface area contributed by atoms with E-state index in [-0.39, 0.29) is 18.1 Å². The van der Waals surface area contributed by atoms with Crippen molar-refractivity contribution in [2.24, 2.45) is 0 Å². The SMILES string of the molecule is Nc1cn(Cc2cc(Cl)ccc2OC(F)F)nn1. The zero-order chi connectivity index (χ0) is 13.1. The maximum absolute atomic E-state index is 12.2. The quantitative estimate of drug-likeness (QED) is 0.928. The minimum atomic E-state index is -2.90. The van der Waals surface area contributed by atoms with Gasteiger partial charge in [-0.05, 0) is 18.2 Å². The number of aromatic nitrogens is 3. The smallest absolute Gasteiger partial charge is 0.387 e. The molecule has 0 atom stereocenters. The lowest BCUT2D eigenvalue weighted by Gasteiger charge is -2.10. The van der Waals surface area contributed by atoms with Gasteiger partial charge in [-0.1, -0.05) is 16.8 Å². The average Bonchev–Trinajstić information content (AvgIpc) is 2.67. The molecule has 0 fully saturated rings. The Morgan fingerprint density at radius 2 is 2.22 bits per heavy atom. The standard InChI is InChI=1S/C10H9ClF2N4O/c11-7-1-2-8(18-10(12)13)6(3-7)4-17-5-9(14)15-16-17/h1-3,5,10H,4,14H2. The van der Waals surface area contributed by atoms with Crippen molar-refractivity contribution in [2.45, 2.75) is 13.2 Å². The number of rotatable bonds is 4. The summed E-state index contributed by atoms with van der Waals surface area (Å²) in [4.78, 5) is 0. The number of anilines is 1. The van der Waals surface area contributed by atoms with E-state index >= 15 is 0 Å². The number of ether oxygens (including phenoxy) is 1. The van der Waals surface area contributed by atoms with Gasteiger partial charge in [-0.25, -0.2) is 4.68 Å². The van der Waals surface area contributed by atoms with Gasteiger partial charge in [-0.3, -0.25) is 0 Å².